The molecule has 116 valence electrons. The van der Waals surface area contributed by atoms with Gasteiger partial charge in [0.05, 0.1) is 26.8 Å². The van der Waals surface area contributed by atoms with Crippen LogP contribution >= 0.6 is 23.2 Å². The number of halogens is 2. The Labute approximate surface area is 143 Å². The van der Waals surface area contributed by atoms with Crippen molar-refractivity contribution in [1.82, 2.24) is 20.3 Å². The number of hydrogen-bond acceptors (Lipinski definition) is 3. The average Bonchev–Trinajstić information content (AvgIpc) is 3.18. The molecule has 3 aromatic rings. The van der Waals surface area contributed by atoms with Gasteiger partial charge in [0, 0.05) is 18.4 Å². The molecule has 0 radical (unpaired) electrons. The summed E-state index contributed by atoms with van der Waals surface area (Å²) < 4.78 is 0. The molecule has 2 N–H and O–H groups in total. The molecule has 0 aliphatic carbocycles. The molecule has 3 heterocycles. The number of benzene rings is 1. The molecule has 6 heteroatoms. The van der Waals surface area contributed by atoms with E-state index in [9.17, 15) is 0 Å². The summed E-state index contributed by atoms with van der Waals surface area (Å²) >= 11 is 12.1. The number of fused-ring (bicyclic) bond motifs is 1. The molecule has 1 aromatic carbocycles. The molecule has 0 amide bonds. The first kappa shape index (κ1) is 14.5. The van der Waals surface area contributed by atoms with Crippen LogP contribution in [0.2, 0.25) is 10.0 Å². The first-order chi connectivity index (χ1) is 11.1. The lowest BCUT2D eigenvalue weighted by molar-refractivity contribution is 0.918. The predicted octanol–water partition coefficient (Wildman–Crippen LogP) is 4.57. The number of nitrogens with zero attached hydrogens (tertiary/aromatic N) is 2. The second-order valence-electron chi connectivity index (χ2n) is 5.57. The van der Waals surface area contributed by atoms with Crippen molar-refractivity contribution in [3.8, 4) is 11.3 Å². The van der Waals surface area contributed by atoms with E-state index >= 15 is 0 Å². The van der Waals surface area contributed by atoms with Gasteiger partial charge in [-0.1, -0.05) is 29.3 Å². The van der Waals surface area contributed by atoms with Gasteiger partial charge in [0.15, 0.2) is 0 Å². The van der Waals surface area contributed by atoms with Crippen molar-refractivity contribution in [2.45, 2.75) is 13.3 Å². The van der Waals surface area contributed by atoms with Crippen molar-refractivity contribution in [2.75, 3.05) is 6.54 Å². The summed E-state index contributed by atoms with van der Waals surface area (Å²) in [6.07, 6.45) is 2.99. The van der Waals surface area contributed by atoms with Crippen LogP contribution in [0, 0.1) is 6.92 Å². The van der Waals surface area contributed by atoms with E-state index in [4.69, 9.17) is 23.2 Å². The van der Waals surface area contributed by atoms with Crippen molar-refractivity contribution in [1.29, 1.82) is 0 Å². The average molecular weight is 345 g/mol. The maximum absolute atomic E-state index is 6.13. The van der Waals surface area contributed by atoms with Gasteiger partial charge in [-0.3, -0.25) is 0 Å². The largest absolute Gasteiger partial charge is 0.390 e. The monoisotopic (exact) mass is 344 g/mol. The Morgan fingerprint density at radius 3 is 2.70 bits per heavy atom. The van der Waals surface area contributed by atoms with E-state index in [-0.39, 0.29) is 0 Å². The maximum atomic E-state index is 6.13. The van der Waals surface area contributed by atoms with Crippen molar-refractivity contribution in [3.05, 3.63) is 52.0 Å². The molecule has 4 rings (SSSR count). The Hall–Kier alpha value is -2.04. The van der Waals surface area contributed by atoms with E-state index in [1.165, 1.54) is 5.57 Å². The summed E-state index contributed by atoms with van der Waals surface area (Å²) in [6, 6.07) is 7.61. The van der Waals surface area contributed by atoms with Crippen LogP contribution in [0.1, 0.15) is 17.9 Å². The number of aryl methyl sites for hydroxylation is 1. The van der Waals surface area contributed by atoms with Gasteiger partial charge in [-0.2, -0.15) is 0 Å². The highest BCUT2D eigenvalue weighted by atomic mass is 35.5. The summed E-state index contributed by atoms with van der Waals surface area (Å²) in [4.78, 5) is 12.6. The summed E-state index contributed by atoms with van der Waals surface area (Å²) in [7, 11) is 0. The number of aromatic nitrogens is 3. The molecule has 23 heavy (non-hydrogen) atoms. The molecular weight excluding hydrogens is 331 g/mol. The third kappa shape index (κ3) is 2.58. The molecule has 1 aliphatic rings. The molecule has 2 aromatic heterocycles. The van der Waals surface area contributed by atoms with Crippen molar-refractivity contribution < 1.29 is 0 Å². The normalized spacial score (nSPS) is 14.1. The zero-order valence-electron chi connectivity index (χ0n) is 12.5. The molecule has 0 saturated heterocycles. The van der Waals surface area contributed by atoms with E-state index < -0.39 is 0 Å². The van der Waals surface area contributed by atoms with Crippen molar-refractivity contribution >= 4 is 39.8 Å². The Balaban J connectivity index is 1.90. The van der Waals surface area contributed by atoms with Gasteiger partial charge in [-0.15, -0.1) is 0 Å². The van der Waals surface area contributed by atoms with Crippen LogP contribution in [0.4, 0.5) is 0 Å². The SMILES string of the molecule is Cc1nc(C2=CNCC2)c2[nH]c(-c3ccc(Cl)c(Cl)c3)cc2n1. The van der Waals surface area contributed by atoms with Crippen LogP contribution in [0.25, 0.3) is 27.9 Å². The summed E-state index contributed by atoms with van der Waals surface area (Å²) in [6.45, 7) is 2.86. The number of H-pyrrole nitrogens is 1. The third-order valence-electron chi connectivity index (χ3n) is 3.94. The summed E-state index contributed by atoms with van der Waals surface area (Å²) in [5.74, 6) is 0.764. The van der Waals surface area contributed by atoms with Crippen LogP contribution in [0.3, 0.4) is 0 Å². The van der Waals surface area contributed by atoms with E-state index in [2.05, 4.69) is 20.3 Å². The van der Waals surface area contributed by atoms with Crippen LogP contribution in [0.15, 0.2) is 30.5 Å². The molecular formula is C17H14Cl2N4. The second kappa shape index (κ2) is 5.55. The lowest BCUT2D eigenvalue weighted by Crippen LogP contribution is -1.97. The maximum Gasteiger partial charge on any atom is 0.126 e. The van der Waals surface area contributed by atoms with Gasteiger partial charge in [0.25, 0.3) is 0 Å². The Morgan fingerprint density at radius 2 is 1.96 bits per heavy atom. The molecule has 0 unspecified atom stereocenters. The fourth-order valence-electron chi connectivity index (χ4n) is 2.84. The number of hydrogen-bond donors (Lipinski definition) is 2. The van der Waals surface area contributed by atoms with Crippen LogP contribution < -0.4 is 5.32 Å². The second-order valence-corrected chi connectivity index (χ2v) is 6.38. The zero-order valence-corrected chi connectivity index (χ0v) is 14.0. The van der Waals surface area contributed by atoms with Crippen molar-refractivity contribution in [2.24, 2.45) is 0 Å². The van der Waals surface area contributed by atoms with Crippen LogP contribution in [-0.2, 0) is 0 Å². The van der Waals surface area contributed by atoms with Crippen LogP contribution in [0.5, 0.6) is 0 Å². The first-order valence-electron chi connectivity index (χ1n) is 7.37. The third-order valence-corrected chi connectivity index (χ3v) is 4.68. The van der Waals surface area contributed by atoms with Gasteiger partial charge in [0.2, 0.25) is 0 Å². The minimum absolute atomic E-state index is 0.535. The molecule has 0 atom stereocenters. The van der Waals surface area contributed by atoms with E-state index in [1.54, 1.807) is 6.07 Å². The molecule has 4 nitrogen and oxygen atoms in total. The van der Waals surface area contributed by atoms with Gasteiger partial charge >= 0.3 is 0 Å². The highest BCUT2D eigenvalue weighted by molar-refractivity contribution is 6.42. The fraction of sp³-hybridized carbons (Fsp3) is 0.176. The Kier molecular flexibility index (Phi) is 3.51. The van der Waals surface area contributed by atoms with Crippen LogP contribution in [-0.4, -0.2) is 21.5 Å². The standard InChI is InChI=1S/C17H14Cl2N4/c1-9-21-15-7-14(10-2-3-12(18)13(19)6-10)23-17(15)16(22-9)11-4-5-20-8-11/h2-3,6-8,20,23H,4-5H2,1H3. The summed E-state index contributed by atoms with van der Waals surface area (Å²) in [5.41, 5.74) is 5.94. The van der Waals surface area contributed by atoms with Gasteiger partial charge in [-0.25, -0.2) is 9.97 Å². The quantitative estimate of drug-likeness (QED) is 0.715. The van der Waals surface area contributed by atoms with Gasteiger partial charge < -0.3 is 10.3 Å². The minimum Gasteiger partial charge on any atom is -0.390 e. The summed E-state index contributed by atoms with van der Waals surface area (Å²) in [5, 5.41) is 4.32. The molecule has 0 spiro atoms. The minimum atomic E-state index is 0.535. The topological polar surface area (TPSA) is 53.6 Å². The van der Waals surface area contributed by atoms with E-state index in [0.717, 1.165) is 46.8 Å². The highest BCUT2D eigenvalue weighted by Gasteiger charge is 2.16. The van der Waals surface area contributed by atoms with Crippen molar-refractivity contribution in [3.63, 3.8) is 0 Å². The smallest absolute Gasteiger partial charge is 0.126 e. The number of rotatable bonds is 2. The Bertz CT molecular complexity index is 943. The predicted molar refractivity (Wildman–Crippen MR) is 94.7 cm³/mol. The molecule has 0 fully saturated rings. The van der Waals surface area contributed by atoms with E-state index in [1.807, 2.05) is 31.3 Å². The number of aromatic amines is 1. The molecule has 1 aliphatic heterocycles. The first-order valence-corrected chi connectivity index (χ1v) is 8.13. The fourth-order valence-corrected chi connectivity index (χ4v) is 3.14. The zero-order chi connectivity index (χ0) is 16.0. The highest BCUT2D eigenvalue weighted by Crippen LogP contribution is 2.32. The lowest BCUT2D eigenvalue weighted by atomic mass is 10.1. The molecule has 0 saturated carbocycles. The number of nitrogens with one attached hydrogen (secondary N) is 2. The Morgan fingerprint density at radius 1 is 1.09 bits per heavy atom. The molecule has 0 bridgehead atoms. The van der Waals surface area contributed by atoms with E-state index in [0.29, 0.717) is 10.0 Å². The lowest BCUT2D eigenvalue weighted by Gasteiger charge is -2.04. The van der Waals surface area contributed by atoms with Gasteiger partial charge in [-0.05, 0) is 42.7 Å². The van der Waals surface area contributed by atoms with Gasteiger partial charge in [0.1, 0.15) is 5.82 Å².